The number of ether oxygens (including phenoxy) is 2. The molecule has 1 unspecified atom stereocenters. The molecule has 30 heavy (non-hydrogen) atoms. The van der Waals surface area contributed by atoms with Crippen molar-refractivity contribution in [3.8, 4) is 11.5 Å². The lowest BCUT2D eigenvalue weighted by Gasteiger charge is -2.27. The van der Waals surface area contributed by atoms with Gasteiger partial charge in [0.15, 0.2) is 17.5 Å². The maximum absolute atomic E-state index is 10.6. The Labute approximate surface area is 195 Å². The largest absolute Gasteiger partial charge is 0.486 e. The molecule has 1 aromatic carbocycles. The molecule has 1 aliphatic heterocycles. The van der Waals surface area contributed by atoms with Crippen LogP contribution in [0.2, 0.25) is 0 Å². The predicted octanol–water partition coefficient (Wildman–Crippen LogP) is 3.41. The van der Waals surface area contributed by atoms with Gasteiger partial charge in [0.25, 0.3) is 0 Å². The highest BCUT2D eigenvalue weighted by atomic mass is 127. The number of aliphatic imine (C=N–C) groups is 1. The fourth-order valence-corrected chi connectivity index (χ4v) is 3.10. The second kappa shape index (κ2) is 10.4. The number of halogens is 1. The zero-order valence-electron chi connectivity index (χ0n) is 18.0. The van der Waals surface area contributed by atoms with Crippen LogP contribution in [0.5, 0.6) is 11.5 Å². The Hall–Kier alpha value is -1.94. The van der Waals surface area contributed by atoms with Crippen molar-refractivity contribution in [3.63, 3.8) is 0 Å². The molecule has 7 nitrogen and oxygen atoms in total. The molecule has 0 fully saturated rings. The van der Waals surface area contributed by atoms with E-state index in [-0.39, 0.29) is 35.9 Å². The van der Waals surface area contributed by atoms with Gasteiger partial charge in [-0.2, -0.15) is 0 Å². The van der Waals surface area contributed by atoms with Gasteiger partial charge in [0.1, 0.15) is 24.6 Å². The minimum atomic E-state index is -1.13. The van der Waals surface area contributed by atoms with Crippen molar-refractivity contribution in [2.75, 3.05) is 32.8 Å². The molecule has 1 aliphatic rings. The molecule has 0 bridgehead atoms. The molecule has 2 heterocycles. The second-order valence-electron chi connectivity index (χ2n) is 8.04. The van der Waals surface area contributed by atoms with E-state index in [0.29, 0.717) is 31.5 Å². The molecular formula is C22H32IN3O4. The van der Waals surface area contributed by atoms with Gasteiger partial charge in [-0.15, -0.1) is 24.0 Å². The number of fused-ring (bicyclic) bond motifs is 1. The van der Waals surface area contributed by atoms with Crippen molar-refractivity contribution in [1.82, 2.24) is 10.6 Å². The monoisotopic (exact) mass is 529 g/mol. The number of hydrogen-bond donors (Lipinski definition) is 3. The Morgan fingerprint density at radius 3 is 2.50 bits per heavy atom. The highest BCUT2D eigenvalue weighted by Gasteiger charge is 2.27. The van der Waals surface area contributed by atoms with Crippen LogP contribution in [0.4, 0.5) is 0 Å². The summed E-state index contributed by atoms with van der Waals surface area (Å²) in [7, 11) is 0. The molecule has 0 saturated heterocycles. The third-order valence-corrected chi connectivity index (χ3v) is 4.95. The Balaban J connectivity index is 0.00000320. The molecular weight excluding hydrogens is 497 g/mol. The van der Waals surface area contributed by atoms with E-state index in [2.05, 4.69) is 30.5 Å². The standard InChI is InChI=1S/C22H31N3O4.HI/c1-5-23-20(25-15-22(4,26)19-7-6-10-29-19)24-14-21(2,3)16-8-9-17-18(13-16)28-12-11-27-17;/h6-10,13,26H,5,11-12,14-15H2,1-4H3,(H2,23,24,25);1H. The summed E-state index contributed by atoms with van der Waals surface area (Å²) >= 11 is 0. The van der Waals surface area contributed by atoms with Gasteiger partial charge < -0.3 is 29.6 Å². The minimum Gasteiger partial charge on any atom is -0.486 e. The number of aliphatic hydroxyl groups is 1. The SMILES string of the molecule is CCNC(=NCC(C)(C)c1ccc2c(c1)OCCO2)NCC(C)(O)c1ccco1.I. The Bertz CT molecular complexity index is 835. The van der Waals surface area contributed by atoms with Gasteiger partial charge in [-0.3, -0.25) is 4.99 Å². The first-order valence-electron chi connectivity index (χ1n) is 10.0. The number of benzene rings is 1. The molecule has 0 spiro atoms. The maximum atomic E-state index is 10.6. The van der Waals surface area contributed by atoms with E-state index in [1.807, 2.05) is 19.1 Å². The molecule has 1 aromatic heterocycles. The average Bonchev–Trinajstić information content (AvgIpc) is 3.26. The van der Waals surface area contributed by atoms with Gasteiger partial charge in [0, 0.05) is 12.0 Å². The third-order valence-electron chi connectivity index (χ3n) is 4.95. The summed E-state index contributed by atoms with van der Waals surface area (Å²) in [5.74, 6) is 2.72. The Morgan fingerprint density at radius 2 is 1.83 bits per heavy atom. The molecule has 0 aliphatic carbocycles. The predicted molar refractivity (Wildman–Crippen MR) is 128 cm³/mol. The van der Waals surface area contributed by atoms with Crippen LogP contribution in [-0.2, 0) is 11.0 Å². The van der Waals surface area contributed by atoms with E-state index in [1.54, 1.807) is 25.3 Å². The quantitative estimate of drug-likeness (QED) is 0.290. The lowest BCUT2D eigenvalue weighted by Crippen LogP contribution is -2.45. The third kappa shape index (κ3) is 6.04. The second-order valence-corrected chi connectivity index (χ2v) is 8.04. The molecule has 8 heteroatoms. The first kappa shape index (κ1) is 24.3. The van der Waals surface area contributed by atoms with Crippen molar-refractivity contribution in [2.45, 2.75) is 38.7 Å². The number of nitrogens with one attached hydrogen (secondary N) is 2. The molecule has 3 rings (SSSR count). The normalized spacial score (nSPS) is 15.7. The molecule has 0 amide bonds. The van der Waals surface area contributed by atoms with E-state index in [1.165, 1.54) is 0 Å². The van der Waals surface area contributed by atoms with Crippen LogP contribution >= 0.6 is 24.0 Å². The first-order chi connectivity index (χ1) is 13.8. The summed E-state index contributed by atoms with van der Waals surface area (Å²) in [6.07, 6.45) is 1.55. The molecule has 1 atom stereocenters. The zero-order chi connectivity index (χ0) is 20.9. The van der Waals surface area contributed by atoms with E-state index < -0.39 is 5.60 Å². The number of furan rings is 1. The van der Waals surface area contributed by atoms with Crippen LogP contribution in [0, 0.1) is 0 Å². The molecule has 166 valence electrons. The van der Waals surface area contributed by atoms with Crippen LogP contribution in [-0.4, -0.2) is 43.9 Å². The summed E-state index contributed by atoms with van der Waals surface area (Å²) in [6, 6.07) is 9.58. The molecule has 3 N–H and O–H groups in total. The van der Waals surface area contributed by atoms with E-state index in [4.69, 9.17) is 18.9 Å². The van der Waals surface area contributed by atoms with E-state index >= 15 is 0 Å². The zero-order valence-corrected chi connectivity index (χ0v) is 20.4. The fraction of sp³-hybridized carbons (Fsp3) is 0.500. The number of nitrogens with zero attached hydrogens (tertiary/aromatic N) is 1. The van der Waals surface area contributed by atoms with Crippen LogP contribution in [0.3, 0.4) is 0 Å². The molecule has 2 aromatic rings. The van der Waals surface area contributed by atoms with Crippen molar-refractivity contribution in [1.29, 1.82) is 0 Å². The van der Waals surface area contributed by atoms with Crippen molar-refractivity contribution in [3.05, 3.63) is 47.9 Å². The Kier molecular flexibility index (Phi) is 8.42. The smallest absolute Gasteiger partial charge is 0.191 e. The van der Waals surface area contributed by atoms with Gasteiger partial charge >= 0.3 is 0 Å². The van der Waals surface area contributed by atoms with Crippen molar-refractivity contribution in [2.24, 2.45) is 4.99 Å². The topological polar surface area (TPSA) is 88.3 Å². The molecule has 0 radical (unpaired) electrons. The van der Waals surface area contributed by atoms with Gasteiger partial charge in [0.2, 0.25) is 0 Å². The van der Waals surface area contributed by atoms with Crippen LogP contribution in [0.25, 0.3) is 0 Å². The lowest BCUT2D eigenvalue weighted by atomic mass is 9.84. The number of hydrogen-bond acceptors (Lipinski definition) is 5. The van der Waals surface area contributed by atoms with E-state index in [0.717, 1.165) is 23.6 Å². The molecule has 0 saturated carbocycles. The summed E-state index contributed by atoms with van der Waals surface area (Å²) in [4.78, 5) is 4.74. The average molecular weight is 529 g/mol. The fourth-order valence-electron chi connectivity index (χ4n) is 3.10. The first-order valence-corrected chi connectivity index (χ1v) is 10.0. The van der Waals surface area contributed by atoms with Gasteiger partial charge in [-0.1, -0.05) is 19.9 Å². The van der Waals surface area contributed by atoms with Gasteiger partial charge in [-0.05, 0) is 43.7 Å². The van der Waals surface area contributed by atoms with Crippen LogP contribution in [0.1, 0.15) is 39.0 Å². The van der Waals surface area contributed by atoms with Crippen LogP contribution in [0.15, 0.2) is 46.0 Å². The highest BCUT2D eigenvalue weighted by molar-refractivity contribution is 14.0. The van der Waals surface area contributed by atoms with Gasteiger partial charge in [-0.25, -0.2) is 0 Å². The van der Waals surface area contributed by atoms with Crippen molar-refractivity contribution >= 4 is 29.9 Å². The number of rotatable bonds is 7. The van der Waals surface area contributed by atoms with Crippen LogP contribution < -0.4 is 20.1 Å². The maximum Gasteiger partial charge on any atom is 0.191 e. The highest BCUT2D eigenvalue weighted by Crippen LogP contribution is 2.35. The lowest BCUT2D eigenvalue weighted by molar-refractivity contribution is 0.0386. The van der Waals surface area contributed by atoms with E-state index in [9.17, 15) is 5.11 Å². The summed E-state index contributed by atoms with van der Waals surface area (Å²) < 4.78 is 16.7. The minimum absolute atomic E-state index is 0. The van der Waals surface area contributed by atoms with Gasteiger partial charge in [0.05, 0.1) is 19.4 Å². The summed E-state index contributed by atoms with van der Waals surface area (Å²) in [5.41, 5.74) is -0.212. The summed E-state index contributed by atoms with van der Waals surface area (Å²) in [6.45, 7) is 10.7. The number of guanidine groups is 1. The Morgan fingerprint density at radius 1 is 1.10 bits per heavy atom. The van der Waals surface area contributed by atoms with Crippen molar-refractivity contribution < 1.29 is 19.0 Å². The summed E-state index contributed by atoms with van der Waals surface area (Å²) in [5, 5.41) is 17.1.